The minimum Gasteiger partial charge on any atom is -0.477 e. The molecule has 19 heavy (non-hydrogen) atoms. The molecule has 0 aliphatic rings. The fourth-order valence-electron chi connectivity index (χ4n) is 1.38. The molecule has 6 heteroatoms. The van der Waals surface area contributed by atoms with Gasteiger partial charge in [-0.15, -0.1) is 0 Å². The van der Waals surface area contributed by atoms with Crippen molar-refractivity contribution in [3.05, 3.63) is 52.3 Å². The maximum absolute atomic E-state index is 10.8. The summed E-state index contributed by atoms with van der Waals surface area (Å²) in [5.74, 6) is -1.05. The lowest BCUT2D eigenvalue weighted by molar-refractivity contribution is 0.0690. The van der Waals surface area contributed by atoms with Crippen LogP contribution in [-0.2, 0) is 0 Å². The molecule has 0 amide bonds. The summed E-state index contributed by atoms with van der Waals surface area (Å²) in [6.45, 7) is 0. The van der Waals surface area contributed by atoms with E-state index in [1.807, 2.05) is 12.1 Å². The van der Waals surface area contributed by atoms with Gasteiger partial charge in [-0.25, -0.2) is 9.78 Å². The van der Waals surface area contributed by atoms with Crippen molar-refractivity contribution in [3.8, 4) is 6.07 Å². The Morgan fingerprint density at radius 3 is 2.68 bits per heavy atom. The van der Waals surface area contributed by atoms with Crippen LogP contribution in [-0.4, -0.2) is 16.1 Å². The maximum Gasteiger partial charge on any atom is 0.354 e. The Morgan fingerprint density at radius 2 is 2.05 bits per heavy atom. The SMILES string of the molecule is N#Cc1ccc(Sc2ccnc(C(=O)O)c2)cc1Br. The summed E-state index contributed by atoms with van der Waals surface area (Å²) < 4.78 is 0.715. The lowest BCUT2D eigenvalue weighted by atomic mass is 10.2. The summed E-state index contributed by atoms with van der Waals surface area (Å²) in [5, 5.41) is 17.7. The van der Waals surface area contributed by atoms with Gasteiger partial charge in [0.25, 0.3) is 0 Å². The molecule has 1 aromatic heterocycles. The molecule has 1 aromatic carbocycles. The van der Waals surface area contributed by atoms with Crippen LogP contribution in [0.5, 0.6) is 0 Å². The van der Waals surface area contributed by atoms with Gasteiger partial charge < -0.3 is 5.11 Å². The quantitative estimate of drug-likeness (QED) is 0.928. The third-order valence-electron chi connectivity index (χ3n) is 2.25. The van der Waals surface area contributed by atoms with Gasteiger partial charge in [0.05, 0.1) is 5.56 Å². The Bertz CT molecular complexity index is 683. The number of hydrogen-bond donors (Lipinski definition) is 1. The molecule has 2 rings (SSSR count). The molecular weight excluding hydrogens is 328 g/mol. The largest absolute Gasteiger partial charge is 0.477 e. The number of aromatic carboxylic acids is 1. The van der Waals surface area contributed by atoms with Gasteiger partial charge in [-0.05, 0) is 46.3 Å². The van der Waals surface area contributed by atoms with E-state index >= 15 is 0 Å². The fourth-order valence-corrected chi connectivity index (χ4v) is 2.88. The van der Waals surface area contributed by atoms with Crippen LogP contribution in [0.1, 0.15) is 16.1 Å². The van der Waals surface area contributed by atoms with Gasteiger partial charge in [0, 0.05) is 20.5 Å². The number of carboxylic acid groups (broad SMARTS) is 1. The molecule has 1 heterocycles. The van der Waals surface area contributed by atoms with Gasteiger partial charge >= 0.3 is 5.97 Å². The third-order valence-corrected chi connectivity index (χ3v) is 3.88. The molecule has 0 saturated carbocycles. The number of nitriles is 1. The fraction of sp³-hybridized carbons (Fsp3) is 0. The minimum atomic E-state index is -1.05. The highest BCUT2D eigenvalue weighted by Gasteiger charge is 2.07. The molecule has 94 valence electrons. The van der Waals surface area contributed by atoms with E-state index in [9.17, 15) is 4.79 Å². The average molecular weight is 335 g/mol. The Balaban J connectivity index is 2.26. The first-order valence-corrected chi connectivity index (χ1v) is 6.78. The van der Waals surface area contributed by atoms with Gasteiger partial charge in [0.1, 0.15) is 11.8 Å². The lowest BCUT2D eigenvalue weighted by Crippen LogP contribution is -1.99. The number of carboxylic acids is 1. The summed E-state index contributed by atoms with van der Waals surface area (Å²) >= 11 is 4.73. The number of carbonyl (C=O) groups is 1. The molecule has 1 N–H and O–H groups in total. The van der Waals surface area contributed by atoms with E-state index in [1.54, 1.807) is 12.1 Å². The number of nitrogens with zero attached hydrogens (tertiary/aromatic N) is 2. The van der Waals surface area contributed by atoms with Crippen molar-refractivity contribution in [1.29, 1.82) is 5.26 Å². The summed E-state index contributed by atoms with van der Waals surface area (Å²) in [6, 6.07) is 10.7. The molecule has 0 bridgehead atoms. The van der Waals surface area contributed by atoms with E-state index in [0.29, 0.717) is 10.0 Å². The van der Waals surface area contributed by atoms with Crippen LogP contribution in [0.25, 0.3) is 0 Å². The Labute approximate surface area is 122 Å². The van der Waals surface area contributed by atoms with Gasteiger partial charge in [0.2, 0.25) is 0 Å². The zero-order chi connectivity index (χ0) is 13.8. The molecule has 0 fully saturated rings. The first-order chi connectivity index (χ1) is 9.10. The molecule has 0 aliphatic heterocycles. The summed E-state index contributed by atoms with van der Waals surface area (Å²) in [5.41, 5.74) is 0.572. The van der Waals surface area contributed by atoms with Crippen molar-refractivity contribution in [2.45, 2.75) is 9.79 Å². The van der Waals surface area contributed by atoms with Crippen molar-refractivity contribution in [3.63, 3.8) is 0 Å². The number of aromatic nitrogens is 1. The zero-order valence-corrected chi connectivity index (χ0v) is 11.9. The Hall–Kier alpha value is -1.84. The molecule has 0 saturated heterocycles. The monoisotopic (exact) mass is 334 g/mol. The zero-order valence-electron chi connectivity index (χ0n) is 9.50. The van der Waals surface area contributed by atoms with Gasteiger partial charge in [-0.1, -0.05) is 11.8 Å². The lowest BCUT2D eigenvalue weighted by Gasteiger charge is -2.04. The molecule has 0 unspecified atom stereocenters. The van der Waals surface area contributed by atoms with Crippen molar-refractivity contribution in [2.24, 2.45) is 0 Å². The minimum absolute atomic E-state index is 0.0118. The molecule has 0 aliphatic carbocycles. The number of pyridine rings is 1. The van der Waals surface area contributed by atoms with E-state index < -0.39 is 5.97 Å². The highest BCUT2D eigenvalue weighted by molar-refractivity contribution is 9.10. The first-order valence-electron chi connectivity index (χ1n) is 5.17. The molecule has 0 spiro atoms. The second kappa shape index (κ2) is 5.87. The highest BCUT2D eigenvalue weighted by Crippen LogP contribution is 2.30. The second-order valence-corrected chi connectivity index (χ2v) is 5.54. The van der Waals surface area contributed by atoms with Crippen LogP contribution in [0.4, 0.5) is 0 Å². The van der Waals surface area contributed by atoms with E-state index in [0.717, 1.165) is 9.79 Å². The van der Waals surface area contributed by atoms with Crippen LogP contribution in [0, 0.1) is 11.3 Å². The van der Waals surface area contributed by atoms with E-state index in [-0.39, 0.29) is 5.69 Å². The smallest absolute Gasteiger partial charge is 0.354 e. The Kier molecular flexibility index (Phi) is 4.20. The summed E-state index contributed by atoms with van der Waals surface area (Å²) in [6.07, 6.45) is 1.46. The van der Waals surface area contributed by atoms with Crippen molar-refractivity contribution in [1.82, 2.24) is 4.98 Å². The van der Waals surface area contributed by atoms with E-state index in [2.05, 4.69) is 27.0 Å². The predicted octanol–water partition coefficient (Wildman–Crippen LogP) is 3.57. The van der Waals surface area contributed by atoms with Crippen LogP contribution in [0.2, 0.25) is 0 Å². The molecule has 4 nitrogen and oxygen atoms in total. The highest BCUT2D eigenvalue weighted by atomic mass is 79.9. The van der Waals surface area contributed by atoms with Crippen LogP contribution >= 0.6 is 27.7 Å². The molecular formula is C13H7BrN2O2S. The first kappa shape index (κ1) is 13.6. The normalized spacial score (nSPS) is 9.89. The summed E-state index contributed by atoms with van der Waals surface area (Å²) in [4.78, 5) is 16.3. The molecule has 2 aromatic rings. The third kappa shape index (κ3) is 3.34. The van der Waals surface area contributed by atoms with E-state index in [4.69, 9.17) is 10.4 Å². The topological polar surface area (TPSA) is 74.0 Å². The van der Waals surface area contributed by atoms with Gasteiger partial charge in [0.15, 0.2) is 0 Å². The predicted molar refractivity (Wildman–Crippen MR) is 74.2 cm³/mol. The molecule has 0 atom stereocenters. The number of benzene rings is 1. The van der Waals surface area contributed by atoms with Crippen LogP contribution in [0.3, 0.4) is 0 Å². The average Bonchev–Trinajstić information content (AvgIpc) is 2.39. The van der Waals surface area contributed by atoms with E-state index in [1.165, 1.54) is 24.0 Å². The van der Waals surface area contributed by atoms with Crippen LogP contribution in [0.15, 0.2) is 50.8 Å². The number of rotatable bonds is 3. The van der Waals surface area contributed by atoms with Crippen molar-refractivity contribution >= 4 is 33.7 Å². The number of hydrogen-bond acceptors (Lipinski definition) is 4. The summed E-state index contributed by atoms with van der Waals surface area (Å²) in [7, 11) is 0. The maximum atomic E-state index is 10.8. The molecule has 0 radical (unpaired) electrons. The second-order valence-electron chi connectivity index (χ2n) is 3.54. The standard InChI is InChI=1S/C13H7BrN2O2S/c14-11-5-9(2-1-8(11)7-15)19-10-3-4-16-12(6-10)13(17)18/h1-6H,(H,17,18). The Morgan fingerprint density at radius 1 is 1.32 bits per heavy atom. The van der Waals surface area contributed by atoms with Gasteiger partial charge in [-0.3, -0.25) is 0 Å². The van der Waals surface area contributed by atoms with Gasteiger partial charge in [-0.2, -0.15) is 5.26 Å². The van der Waals surface area contributed by atoms with Crippen molar-refractivity contribution in [2.75, 3.05) is 0 Å². The van der Waals surface area contributed by atoms with Crippen LogP contribution < -0.4 is 0 Å². The van der Waals surface area contributed by atoms with Crippen molar-refractivity contribution < 1.29 is 9.90 Å². The number of halogens is 1.